The van der Waals surface area contributed by atoms with Crippen LogP contribution in [0.4, 0.5) is 0 Å². The van der Waals surface area contributed by atoms with Crippen molar-refractivity contribution in [2.75, 3.05) is 37.7 Å². The summed E-state index contributed by atoms with van der Waals surface area (Å²) >= 11 is 2.04. The Morgan fingerprint density at radius 2 is 1.61 bits per heavy atom. The van der Waals surface area contributed by atoms with Crippen molar-refractivity contribution in [3.05, 3.63) is 0 Å². The van der Waals surface area contributed by atoms with Crippen LogP contribution < -0.4 is 5.32 Å². The van der Waals surface area contributed by atoms with Crippen molar-refractivity contribution in [3.63, 3.8) is 0 Å². The second-order valence-electron chi connectivity index (χ2n) is 9.27. The van der Waals surface area contributed by atoms with Crippen LogP contribution in [0, 0.1) is 5.92 Å². The summed E-state index contributed by atoms with van der Waals surface area (Å²) in [7, 11) is 0. The highest BCUT2D eigenvalue weighted by atomic mass is 32.2. The largest absolute Gasteiger partial charge is 0.352 e. The second kappa shape index (κ2) is 9.38. The van der Waals surface area contributed by atoms with Gasteiger partial charge in [-0.1, -0.05) is 32.1 Å². The van der Waals surface area contributed by atoms with Gasteiger partial charge in [0, 0.05) is 49.1 Å². The fourth-order valence-corrected chi connectivity index (χ4v) is 6.84. The zero-order chi connectivity index (χ0) is 19.4. The first-order chi connectivity index (χ1) is 13.7. The second-order valence-corrected chi connectivity index (χ2v) is 10.5. The number of nitrogens with one attached hydrogen (secondary N) is 1. The fourth-order valence-electron chi connectivity index (χ4n) is 5.93. The van der Waals surface area contributed by atoms with E-state index in [1.54, 1.807) is 0 Å². The minimum absolute atomic E-state index is 0.0966. The Morgan fingerprint density at radius 3 is 2.32 bits per heavy atom. The number of likely N-dealkylation sites (tertiary alicyclic amines) is 1. The standard InChI is InChI=1S/C22H37N3O2S/c26-20(19-9-6-12-25(19)21(27)18-7-2-1-3-8-18)23-17-22(10-4-5-11-22)24-13-15-28-16-14-24/h18-19H,1-17H2,(H,23,26). The maximum absolute atomic E-state index is 13.1. The molecule has 4 rings (SSSR count). The minimum Gasteiger partial charge on any atom is -0.352 e. The maximum atomic E-state index is 13.1. The predicted octanol–water partition coefficient (Wildman–Crippen LogP) is 3.04. The molecule has 4 aliphatic rings. The van der Waals surface area contributed by atoms with Crippen molar-refractivity contribution in [2.24, 2.45) is 5.92 Å². The van der Waals surface area contributed by atoms with Crippen molar-refractivity contribution in [2.45, 2.75) is 82.2 Å². The highest BCUT2D eigenvalue weighted by molar-refractivity contribution is 7.99. The van der Waals surface area contributed by atoms with Crippen LogP contribution >= 0.6 is 11.8 Å². The van der Waals surface area contributed by atoms with Gasteiger partial charge in [-0.25, -0.2) is 0 Å². The van der Waals surface area contributed by atoms with Gasteiger partial charge in [-0.3, -0.25) is 14.5 Å². The van der Waals surface area contributed by atoms with Gasteiger partial charge < -0.3 is 10.2 Å². The molecule has 1 N–H and O–H groups in total. The zero-order valence-electron chi connectivity index (χ0n) is 17.3. The Kier molecular flexibility index (Phi) is 6.87. The van der Waals surface area contributed by atoms with E-state index < -0.39 is 0 Å². The molecule has 0 aromatic carbocycles. The Labute approximate surface area is 174 Å². The van der Waals surface area contributed by atoms with E-state index in [0.717, 1.165) is 64.7 Å². The molecule has 4 fully saturated rings. The number of thioether (sulfide) groups is 1. The lowest BCUT2D eigenvalue weighted by atomic mass is 9.88. The van der Waals surface area contributed by atoms with E-state index in [1.165, 1.54) is 43.6 Å². The molecule has 0 aromatic rings. The molecule has 0 aromatic heterocycles. The molecular weight excluding hydrogens is 370 g/mol. The first-order valence-corrected chi connectivity index (χ1v) is 12.8. The Morgan fingerprint density at radius 1 is 0.893 bits per heavy atom. The van der Waals surface area contributed by atoms with Crippen LogP contribution in [0.5, 0.6) is 0 Å². The van der Waals surface area contributed by atoms with Gasteiger partial charge in [0.15, 0.2) is 0 Å². The predicted molar refractivity (Wildman–Crippen MR) is 114 cm³/mol. The summed E-state index contributed by atoms with van der Waals surface area (Å²) < 4.78 is 0. The maximum Gasteiger partial charge on any atom is 0.242 e. The molecule has 28 heavy (non-hydrogen) atoms. The Bertz CT molecular complexity index is 552. The number of hydrogen-bond donors (Lipinski definition) is 1. The molecule has 1 atom stereocenters. The summed E-state index contributed by atoms with van der Waals surface area (Å²) in [6, 6.07) is -0.232. The first kappa shape index (κ1) is 20.5. The van der Waals surface area contributed by atoms with Crippen molar-refractivity contribution in [1.82, 2.24) is 15.1 Å². The minimum atomic E-state index is -0.232. The average Bonchev–Trinajstić information content (AvgIpc) is 3.43. The van der Waals surface area contributed by atoms with E-state index >= 15 is 0 Å². The molecule has 2 saturated carbocycles. The zero-order valence-corrected chi connectivity index (χ0v) is 18.1. The summed E-state index contributed by atoms with van der Waals surface area (Å²) in [5, 5.41) is 3.31. The van der Waals surface area contributed by atoms with E-state index in [9.17, 15) is 9.59 Å². The van der Waals surface area contributed by atoms with Crippen LogP contribution in [0.2, 0.25) is 0 Å². The van der Waals surface area contributed by atoms with Gasteiger partial charge in [0.2, 0.25) is 11.8 Å². The lowest BCUT2D eigenvalue weighted by molar-refractivity contribution is -0.142. The molecule has 0 spiro atoms. The molecule has 2 saturated heterocycles. The van der Waals surface area contributed by atoms with Crippen molar-refractivity contribution in [1.29, 1.82) is 0 Å². The van der Waals surface area contributed by atoms with E-state index in [4.69, 9.17) is 0 Å². The van der Waals surface area contributed by atoms with Crippen molar-refractivity contribution in [3.8, 4) is 0 Å². The highest BCUT2D eigenvalue weighted by Gasteiger charge is 2.42. The number of rotatable bonds is 5. The van der Waals surface area contributed by atoms with Crippen LogP contribution in [0.25, 0.3) is 0 Å². The van der Waals surface area contributed by atoms with E-state index in [2.05, 4.69) is 10.2 Å². The molecule has 1 unspecified atom stereocenters. The summed E-state index contributed by atoms with van der Waals surface area (Å²) in [4.78, 5) is 30.7. The van der Waals surface area contributed by atoms with Gasteiger partial charge in [-0.15, -0.1) is 0 Å². The Hall–Kier alpha value is -0.750. The normalized spacial score (nSPS) is 29.1. The van der Waals surface area contributed by atoms with Gasteiger partial charge in [-0.2, -0.15) is 11.8 Å². The quantitative estimate of drug-likeness (QED) is 0.761. The average molecular weight is 408 g/mol. The first-order valence-electron chi connectivity index (χ1n) is 11.6. The molecule has 2 amide bonds. The highest BCUT2D eigenvalue weighted by Crippen LogP contribution is 2.36. The molecule has 0 radical (unpaired) electrons. The molecule has 6 heteroatoms. The third-order valence-electron chi connectivity index (χ3n) is 7.60. The van der Waals surface area contributed by atoms with E-state index in [1.807, 2.05) is 16.7 Å². The van der Waals surface area contributed by atoms with Crippen LogP contribution in [0.15, 0.2) is 0 Å². The summed E-state index contributed by atoms with van der Waals surface area (Å²) in [6.07, 6.45) is 12.4. The number of nitrogens with zero attached hydrogens (tertiary/aromatic N) is 2. The van der Waals surface area contributed by atoms with Crippen LogP contribution in [0.1, 0.15) is 70.6 Å². The third-order valence-corrected chi connectivity index (χ3v) is 8.54. The van der Waals surface area contributed by atoms with Gasteiger partial charge >= 0.3 is 0 Å². The summed E-state index contributed by atoms with van der Waals surface area (Å²) in [6.45, 7) is 3.83. The topological polar surface area (TPSA) is 52.7 Å². The number of carbonyl (C=O) groups is 2. The number of carbonyl (C=O) groups excluding carboxylic acids is 2. The van der Waals surface area contributed by atoms with Crippen LogP contribution in [-0.4, -0.2) is 70.9 Å². The van der Waals surface area contributed by atoms with E-state index in [-0.39, 0.29) is 29.3 Å². The van der Waals surface area contributed by atoms with Crippen molar-refractivity contribution >= 4 is 23.6 Å². The lowest BCUT2D eigenvalue weighted by Crippen LogP contribution is -2.58. The summed E-state index contributed by atoms with van der Waals surface area (Å²) in [5.74, 6) is 2.93. The summed E-state index contributed by atoms with van der Waals surface area (Å²) in [5.41, 5.74) is 0.160. The van der Waals surface area contributed by atoms with Gasteiger partial charge in [-0.05, 0) is 38.5 Å². The molecule has 2 heterocycles. The van der Waals surface area contributed by atoms with Gasteiger partial charge in [0.25, 0.3) is 0 Å². The van der Waals surface area contributed by atoms with Crippen LogP contribution in [0.3, 0.4) is 0 Å². The molecule has 2 aliphatic heterocycles. The molecule has 0 bridgehead atoms. The monoisotopic (exact) mass is 407 g/mol. The van der Waals surface area contributed by atoms with Crippen molar-refractivity contribution < 1.29 is 9.59 Å². The smallest absolute Gasteiger partial charge is 0.242 e. The molecule has 2 aliphatic carbocycles. The third kappa shape index (κ3) is 4.38. The molecule has 158 valence electrons. The van der Waals surface area contributed by atoms with Gasteiger partial charge in [0.1, 0.15) is 6.04 Å². The lowest BCUT2D eigenvalue weighted by Gasteiger charge is -2.43. The number of hydrogen-bond acceptors (Lipinski definition) is 4. The van der Waals surface area contributed by atoms with Gasteiger partial charge in [0.05, 0.1) is 0 Å². The Balaban J connectivity index is 1.36. The van der Waals surface area contributed by atoms with Crippen LogP contribution in [-0.2, 0) is 9.59 Å². The SMILES string of the molecule is O=C(NCC1(N2CCSCC2)CCCC1)C1CCCN1C(=O)C1CCCCC1. The number of amides is 2. The molecule has 5 nitrogen and oxygen atoms in total. The van der Waals surface area contributed by atoms with E-state index in [0.29, 0.717) is 0 Å². The fraction of sp³-hybridized carbons (Fsp3) is 0.909. The molecular formula is C22H37N3O2S.